The van der Waals surface area contributed by atoms with Crippen molar-refractivity contribution in [3.63, 3.8) is 0 Å². The monoisotopic (exact) mass is 381 g/mol. The third-order valence-corrected chi connectivity index (χ3v) is 6.15. The minimum absolute atomic E-state index is 0.0906. The van der Waals surface area contributed by atoms with E-state index >= 15 is 0 Å². The van der Waals surface area contributed by atoms with Crippen molar-refractivity contribution in [2.45, 2.75) is 38.8 Å². The van der Waals surface area contributed by atoms with Crippen LogP contribution in [0, 0.1) is 11.7 Å². The van der Waals surface area contributed by atoms with Gasteiger partial charge in [-0.2, -0.15) is 0 Å². The van der Waals surface area contributed by atoms with Gasteiger partial charge >= 0.3 is 0 Å². The number of rotatable bonds is 4. The number of anilines is 2. The van der Waals surface area contributed by atoms with Crippen LogP contribution in [0.5, 0.6) is 0 Å². The fourth-order valence-corrected chi connectivity index (χ4v) is 4.40. The Kier molecular flexibility index (Phi) is 5.25. The molecular weight excluding hydrogens is 353 g/mol. The Hall–Kier alpha value is -2.56. The van der Waals surface area contributed by atoms with Crippen molar-refractivity contribution < 1.29 is 9.18 Å². The summed E-state index contributed by atoms with van der Waals surface area (Å²) in [5, 5.41) is 3.19. The summed E-state index contributed by atoms with van der Waals surface area (Å²) in [7, 11) is 0. The van der Waals surface area contributed by atoms with Gasteiger partial charge in [0.1, 0.15) is 5.82 Å². The smallest absolute Gasteiger partial charge is 0.225 e. The molecule has 28 heavy (non-hydrogen) atoms. The predicted octanol–water partition coefficient (Wildman–Crippen LogP) is 3.61. The lowest BCUT2D eigenvalue weighted by molar-refractivity contribution is -0.126. The zero-order chi connectivity index (χ0) is 19.7. The van der Waals surface area contributed by atoms with Crippen molar-refractivity contribution in [3.8, 4) is 0 Å². The summed E-state index contributed by atoms with van der Waals surface area (Å²) >= 11 is 0. The SMILES string of the molecule is CC[C@H](C)NC(=O)[C@H]1Cc2ccccc2N2CCN(c3ccc(F)cc3)C[C@H]12. The first-order valence-electron chi connectivity index (χ1n) is 10.2. The lowest BCUT2D eigenvalue weighted by Crippen LogP contribution is -2.61. The van der Waals surface area contributed by atoms with Crippen molar-refractivity contribution in [2.75, 3.05) is 29.4 Å². The Morgan fingerprint density at radius 1 is 1.18 bits per heavy atom. The summed E-state index contributed by atoms with van der Waals surface area (Å²) < 4.78 is 13.3. The van der Waals surface area contributed by atoms with Crippen LogP contribution in [0.15, 0.2) is 48.5 Å². The first-order valence-corrected chi connectivity index (χ1v) is 10.2. The average Bonchev–Trinajstić information content (AvgIpc) is 2.73. The third-order valence-electron chi connectivity index (χ3n) is 6.15. The van der Waals surface area contributed by atoms with E-state index in [0.717, 1.165) is 38.2 Å². The lowest BCUT2D eigenvalue weighted by atomic mass is 9.83. The molecule has 3 atom stereocenters. The topological polar surface area (TPSA) is 35.6 Å². The van der Waals surface area contributed by atoms with Gasteiger partial charge in [0, 0.05) is 37.1 Å². The fraction of sp³-hybridized carbons (Fsp3) is 0.435. The highest BCUT2D eigenvalue weighted by Crippen LogP contribution is 2.37. The van der Waals surface area contributed by atoms with Crippen LogP contribution in [0.3, 0.4) is 0 Å². The molecule has 1 N–H and O–H groups in total. The van der Waals surface area contributed by atoms with Crippen LogP contribution >= 0.6 is 0 Å². The molecule has 1 amide bonds. The molecular formula is C23H28FN3O. The van der Waals surface area contributed by atoms with Gasteiger partial charge in [0.2, 0.25) is 5.91 Å². The molecule has 0 bridgehead atoms. The zero-order valence-electron chi connectivity index (χ0n) is 16.6. The van der Waals surface area contributed by atoms with Crippen LogP contribution < -0.4 is 15.1 Å². The van der Waals surface area contributed by atoms with E-state index in [4.69, 9.17) is 0 Å². The zero-order valence-corrected chi connectivity index (χ0v) is 16.6. The second kappa shape index (κ2) is 7.82. The Morgan fingerprint density at radius 3 is 2.68 bits per heavy atom. The minimum atomic E-state index is -0.222. The molecule has 0 aliphatic carbocycles. The number of amides is 1. The van der Waals surface area contributed by atoms with Crippen molar-refractivity contribution in [1.82, 2.24) is 5.32 Å². The van der Waals surface area contributed by atoms with Gasteiger partial charge < -0.3 is 15.1 Å². The highest BCUT2D eigenvalue weighted by Gasteiger charge is 2.41. The number of hydrogen-bond acceptors (Lipinski definition) is 3. The summed E-state index contributed by atoms with van der Waals surface area (Å²) in [6.07, 6.45) is 1.68. The van der Waals surface area contributed by atoms with E-state index in [9.17, 15) is 9.18 Å². The maximum absolute atomic E-state index is 13.3. The normalized spacial score (nSPS) is 22.2. The number of carbonyl (C=O) groups is 1. The summed E-state index contributed by atoms with van der Waals surface area (Å²) in [6.45, 7) is 6.61. The molecule has 0 aromatic heterocycles. The third kappa shape index (κ3) is 3.58. The largest absolute Gasteiger partial charge is 0.368 e. The van der Waals surface area contributed by atoms with E-state index < -0.39 is 0 Å². The molecule has 0 unspecified atom stereocenters. The summed E-state index contributed by atoms with van der Waals surface area (Å²) in [5.74, 6) is -0.174. The molecule has 148 valence electrons. The molecule has 4 rings (SSSR count). The first-order chi connectivity index (χ1) is 13.6. The Labute approximate surface area is 166 Å². The average molecular weight is 381 g/mol. The number of hydrogen-bond donors (Lipinski definition) is 1. The molecule has 2 aromatic rings. The van der Waals surface area contributed by atoms with Crippen LogP contribution in [0.25, 0.3) is 0 Å². The molecule has 1 saturated heterocycles. The number of nitrogens with one attached hydrogen (secondary N) is 1. The molecule has 5 heteroatoms. The maximum Gasteiger partial charge on any atom is 0.225 e. The highest BCUT2D eigenvalue weighted by atomic mass is 19.1. The molecule has 0 spiro atoms. The second-order valence-corrected chi connectivity index (χ2v) is 7.94. The predicted molar refractivity (Wildman–Crippen MR) is 111 cm³/mol. The Morgan fingerprint density at radius 2 is 1.93 bits per heavy atom. The van der Waals surface area contributed by atoms with Gasteiger partial charge in [-0.15, -0.1) is 0 Å². The second-order valence-electron chi connectivity index (χ2n) is 7.94. The van der Waals surface area contributed by atoms with E-state index in [1.54, 1.807) is 0 Å². The van der Waals surface area contributed by atoms with Crippen LogP contribution in [0.1, 0.15) is 25.8 Å². The van der Waals surface area contributed by atoms with Gasteiger partial charge in [0.25, 0.3) is 0 Å². The van der Waals surface area contributed by atoms with Crippen molar-refractivity contribution in [1.29, 1.82) is 0 Å². The van der Waals surface area contributed by atoms with Gasteiger partial charge in [-0.05, 0) is 55.7 Å². The van der Waals surface area contributed by atoms with Gasteiger partial charge in [-0.1, -0.05) is 25.1 Å². The molecule has 2 aliphatic heterocycles. The quantitative estimate of drug-likeness (QED) is 0.879. The van der Waals surface area contributed by atoms with E-state index in [-0.39, 0.29) is 29.7 Å². The first kappa shape index (κ1) is 18.8. The number of para-hydroxylation sites is 1. The molecule has 4 nitrogen and oxygen atoms in total. The van der Waals surface area contributed by atoms with Crippen LogP contribution in [-0.4, -0.2) is 37.6 Å². The fourth-order valence-electron chi connectivity index (χ4n) is 4.40. The van der Waals surface area contributed by atoms with E-state index in [0.29, 0.717) is 0 Å². The number of nitrogens with zero attached hydrogens (tertiary/aromatic N) is 2. The number of halogens is 1. The summed E-state index contributed by atoms with van der Waals surface area (Å²) in [4.78, 5) is 17.8. The number of fused-ring (bicyclic) bond motifs is 3. The maximum atomic E-state index is 13.3. The van der Waals surface area contributed by atoms with Crippen LogP contribution in [0.4, 0.5) is 15.8 Å². The number of carbonyl (C=O) groups excluding carboxylic acids is 1. The summed E-state index contributed by atoms with van der Waals surface area (Å²) in [6, 6.07) is 15.4. The summed E-state index contributed by atoms with van der Waals surface area (Å²) in [5.41, 5.74) is 3.51. The molecule has 1 fully saturated rings. The van der Waals surface area contributed by atoms with Crippen molar-refractivity contribution in [2.24, 2.45) is 5.92 Å². The van der Waals surface area contributed by atoms with Gasteiger partial charge in [0.05, 0.1) is 12.0 Å². The Balaban J connectivity index is 1.62. The van der Waals surface area contributed by atoms with Crippen molar-refractivity contribution >= 4 is 17.3 Å². The van der Waals surface area contributed by atoms with E-state index in [1.807, 2.05) is 12.1 Å². The van der Waals surface area contributed by atoms with Gasteiger partial charge in [0.15, 0.2) is 0 Å². The number of piperazine rings is 1. The van der Waals surface area contributed by atoms with Crippen molar-refractivity contribution in [3.05, 3.63) is 59.9 Å². The van der Waals surface area contributed by atoms with Gasteiger partial charge in [-0.25, -0.2) is 4.39 Å². The van der Waals surface area contributed by atoms with Crippen LogP contribution in [0.2, 0.25) is 0 Å². The minimum Gasteiger partial charge on any atom is -0.368 e. The molecule has 0 radical (unpaired) electrons. The van der Waals surface area contributed by atoms with Crippen LogP contribution in [-0.2, 0) is 11.2 Å². The molecule has 2 aromatic carbocycles. The molecule has 2 aliphatic rings. The molecule has 2 heterocycles. The van der Waals surface area contributed by atoms with E-state index in [2.05, 4.69) is 53.2 Å². The highest BCUT2D eigenvalue weighted by molar-refractivity contribution is 5.82. The van der Waals surface area contributed by atoms with E-state index in [1.165, 1.54) is 23.4 Å². The lowest BCUT2D eigenvalue weighted by Gasteiger charge is -2.49. The standard InChI is InChI=1S/C23H28FN3O/c1-3-16(2)25-23(28)20-14-17-6-4-5-7-21(17)27-13-12-26(15-22(20)27)19-10-8-18(24)9-11-19/h4-11,16,20,22H,3,12-15H2,1-2H3,(H,25,28)/t16-,20-,22+/m0/s1. The van der Waals surface area contributed by atoms with Gasteiger partial charge in [-0.3, -0.25) is 4.79 Å². The molecule has 0 saturated carbocycles. The Bertz CT molecular complexity index is 838. The number of benzene rings is 2.